The molecule has 0 aliphatic rings. The second-order valence-corrected chi connectivity index (χ2v) is 4.61. The first-order chi connectivity index (χ1) is 9.17. The van der Waals surface area contributed by atoms with Gasteiger partial charge in [-0.1, -0.05) is 39.5 Å². The van der Waals surface area contributed by atoms with Crippen molar-refractivity contribution in [3.8, 4) is 5.88 Å². The summed E-state index contributed by atoms with van der Waals surface area (Å²) in [6.07, 6.45) is 8.22. The van der Waals surface area contributed by atoms with Gasteiger partial charge in [0.15, 0.2) is 0 Å². The van der Waals surface area contributed by atoms with Crippen LogP contribution in [0.1, 0.15) is 57.9 Å². The molecule has 0 aliphatic carbocycles. The SMILES string of the molecule is CCCCCCCC(=O)Nc1ncc(CC)c(O)n1. The van der Waals surface area contributed by atoms with Crippen LogP contribution < -0.4 is 5.32 Å². The molecule has 0 aliphatic heterocycles. The molecule has 0 spiro atoms. The van der Waals surface area contributed by atoms with E-state index in [4.69, 9.17) is 0 Å². The quantitative estimate of drug-likeness (QED) is 0.708. The Morgan fingerprint density at radius 2 is 2.00 bits per heavy atom. The van der Waals surface area contributed by atoms with Crippen LogP contribution >= 0.6 is 0 Å². The van der Waals surface area contributed by atoms with Gasteiger partial charge in [-0.25, -0.2) is 4.98 Å². The number of hydrogen-bond donors (Lipinski definition) is 2. The summed E-state index contributed by atoms with van der Waals surface area (Å²) < 4.78 is 0. The minimum atomic E-state index is -0.0971. The van der Waals surface area contributed by atoms with E-state index in [2.05, 4.69) is 22.2 Å². The number of carbonyl (C=O) groups excluding carboxylic acids is 1. The summed E-state index contributed by atoms with van der Waals surface area (Å²) >= 11 is 0. The molecule has 1 aromatic rings. The van der Waals surface area contributed by atoms with Crippen LogP contribution in [0, 0.1) is 0 Å². The third kappa shape index (κ3) is 5.68. The smallest absolute Gasteiger partial charge is 0.232 e. The lowest BCUT2D eigenvalue weighted by Crippen LogP contribution is -2.13. The first kappa shape index (κ1) is 15.4. The predicted octanol–water partition coefficient (Wildman–Crippen LogP) is 3.04. The lowest BCUT2D eigenvalue weighted by molar-refractivity contribution is -0.116. The number of aromatic hydroxyl groups is 1. The summed E-state index contributed by atoms with van der Waals surface area (Å²) in [7, 11) is 0. The van der Waals surface area contributed by atoms with Crippen molar-refractivity contribution in [1.29, 1.82) is 0 Å². The molecule has 0 radical (unpaired) electrons. The molecule has 5 heteroatoms. The third-order valence-electron chi connectivity index (χ3n) is 2.98. The highest BCUT2D eigenvalue weighted by atomic mass is 16.3. The van der Waals surface area contributed by atoms with Gasteiger partial charge >= 0.3 is 0 Å². The average molecular weight is 265 g/mol. The highest BCUT2D eigenvalue weighted by Gasteiger charge is 2.07. The van der Waals surface area contributed by atoms with E-state index in [1.165, 1.54) is 19.3 Å². The van der Waals surface area contributed by atoms with Gasteiger partial charge in [0.1, 0.15) is 0 Å². The molecule has 2 N–H and O–H groups in total. The van der Waals surface area contributed by atoms with Gasteiger partial charge in [-0.05, 0) is 12.8 Å². The standard InChI is InChI=1S/C14H23N3O2/c1-3-5-6-7-8-9-12(18)16-14-15-10-11(4-2)13(19)17-14/h10H,3-9H2,1-2H3,(H2,15,16,17,18,19). The number of aryl methyl sites for hydroxylation is 1. The van der Waals surface area contributed by atoms with Crippen molar-refractivity contribution >= 4 is 11.9 Å². The molecular formula is C14H23N3O2. The van der Waals surface area contributed by atoms with E-state index in [9.17, 15) is 9.90 Å². The molecule has 1 rings (SSSR count). The normalized spacial score (nSPS) is 10.4. The summed E-state index contributed by atoms with van der Waals surface area (Å²) in [5.74, 6) is 0.0177. The fourth-order valence-corrected chi connectivity index (χ4v) is 1.78. The van der Waals surface area contributed by atoms with E-state index >= 15 is 0 Å². The maximum absolute atomic E-state index is 11.6. The minimum Gasteiger partial charge on any atom is -0.493 e. The molecule has 0 saturated carbocycles. The molecule has 0 bridgehead atoms. The first-order valence-electron chi connectivity index (χ1n) is 7.02. The van der Waals surface area contributed by atoms with E-state index < -0.39 is 0 Å². The highest BCUT2D eigenvalue weighted by molar-refractivity contribution is 5.88. The molecule has 1 aromatic heterocycles. The van der Waals surface area contributed by atoms with Gasteiger partial charge in [-0.2, -0.15) is 4.98 Å². The van der Waals surface area contributed by atoms with Crippen molar-refractivity contribution in [3.63, 3.8) is 0 Å². The van der Waals surface area contributed by atoms with Crippen LogP contribution in [0.25, 0.3) is 0 Å². The maximum Gasteiger partial charge on any atom is 0.232 e. The van der Waals surface area contributed by atoms with Gasteiger partial charge in [0.05, 0.1) is 0 Å². The van der Waals surface area contributed by atoms with Crippen LogP contribution in [0.2, 0.25) is 0 Å². The third-order valence-corrected chi connectivity index (χ3v) is 2.98. The molecule has 0 saturated heterocycles. The van der Waals surface area contributed by atoms with Crippen LogP contribution in [0.4, 0.5) is 5.95 Å². The van der Waals surface area contributed by atoms with Crippen molar-refractivity contribution < 1.29 is 9.90 Å². The fraction of sp³-hybridized carbons (Fsp3) is 0.643. The summed E-state index contributed by atoms with van der Waals surface area (Å²) in [6, 6.07) is 0. The van der Waals surface area contributed by atoms with E-state index in [1.807, 2.05) is 6.92 Å². The summed E-state index contributed by atoms with van der Waals surface area (Å²) in [5, 5.41) is 12.2. The maximum atomic E-state index is 11.6. The average Bonchev–Trinajstić information content (AvgIpc) is 2.39. The highest BCUT2D eigenvalue weighted by Crippen LogP contribution is 2.15. The zero-order valence-corrected chi connectivity index (χ0v) is 11.8. The number of aromatic nitrogens is 2. The molecular weight excluding hydrogens is 242 g/mol. The molecule has 0 aromatic carbocycles. The Balaban J connectivity index is 2.34. The topological polar surface area (TPSA) is 75.1 Å². The van der Waals surface area contributed by atoms with Crippen molar-refractivity contribution in [3.05, 3.63) is 11.8 Å². The van der Waals surface area contributed by atoms with Crippen LogP contribution in [0.3, 0.4) is 0 Å². The number of nitrogens with zero attached hydrogens (tertiary/aromatic N) is 2. The van der Waals surface area contributed by atoms with Gasteiger partial charge in [-0.3, -0.25) is 10.1 Å². The van der Waals surface area contributed by atoms with Gasteiger partial charge in [-0.15, -0.1) is 0 Å². The number of carbonyl (C=O) groups is 1. The van der Waals surface area contributed by atoms with Gasteiger partial charge in [0, 0.05) is 18.2 Å². The van der Waals surface area contributed by atoms with E-state index in [0.717, 1.165) is 12.8 Å². The van der Waals surface area contributed by atoms with Crippen molar-refractivity contribution in [1.82, 2.24) is 9.97 Å². The van der Waals surface area contributed by atoms with Crippen molar-refractivity contribution in [2.75, 3.05) is 5.32 Å². The molecule has 0 unspecified atom stereocenters. The van der Waals surface area contributed by atoms with Gasteiger partial charge in [0.25, 0.3) is 0 Å². The Labute approximate surface area is 114 Å². The molecule has 19 heavy (non-hydrogen) atoms. The Kier molecular flexibility index (Phi) is 6.85. The molecule has 5 nitrogen and oxygen atoms in total. The van der Waals surface area contributed by atoms with Crippen molar-refractivity contribution in [2.24, 2.45) is 0 Å². The second-order valence-electron chi connectivity index (χ2n) is 4.61. The Hall–Kier alpha value is -1.65. The number of unbranched alkanes of at least 4 members (excludes halogenated alkanes) is 4. The summed E-state index contributed by atoms with van der Waals surface area (Å²) in [6.45, 7) is 4.07. The second kappa shape index (κ2) is 8.45. The van der Waals surface area contributed by atoms with Gasteiger partial charge in [0.2, 0.25) is 17.7 Å². The number of nitrogens with one attached hydrogen (secondary N) is 1. The largest absolute Gasteiger partial charge is 0.493 e. The van der Waals surface area contributed by atoms with Crippen LogP contribution in [0.5, 0.6) is 5.88 Å². The zero-order valence-electron chi connectivity index (χ0n) is 11.8. The molecule has 0 atom stereocenters. The Bertz CT molecular complexity index is 408. The van der Waals surface area contributed by atoms with E-state index in [1.54, 1.807) is 6.20 Å². The van der Waals surface area contributed by atoms with E-state index in [0.29, 0.717) is 18.4 Å². The molecule has 0 fully saturated rings. The van der Waals surface area contributed by atoms with Crippen LogP contribution in [0.15, 0.2) is 6.20 Å². The lowest BCUT2D eigenvalue weighted by atomic mass is 10.1. The van der Waals surface area contributed by atoms with Crippen molar-refractivity contribution in [2.45, 2.75) is 58.8 Å². The zero-order chi connectivity index (χ0) is 14.1. The minimum absolute atomic E-state index is 0.0595. The fourth-order valence-electron chi connectivity index (χ4n) is 1.78. The molecule has 1 amide bonds. The number of rotatable bonds is 8. The summed E-state index contributed by atoms with van der Waals surface area (Å²) in [5.41, 5.74) is 0.678. The number of anilines is 1. The Morgan fingerprint density at radius 3 is 2.63 bits per heavy atom. The predicted molar refractivity (Wildman–Crippen MR) is 75.1 cm³/mol. The lowest BCUT2D eigenvalue weighted by Gasteiger charge is -2.05. The van der Waals surface area contributed by atoms with Crippen LogP contribution in [-0.4, -0.2) is 21.0 Å². The van der Waals surface area contributed by atoms with Crippen LogP contribution in [-0.2, 0) is 11.2 Å². The monoisotopic (exact) mass is 265 g/mol. The van der Waals surface area contributed by atoms with Gasteiger partial charge < -0.3 is 5.11 Å². The number of amides is 1. The molecule has 1 heterocycles. The number of hydrogen-bond acceptors (Lipinski definition) is 4. The molecule has 106 valence electrons. The van der Waals surface area contributed by atoms with E-state index in [-0.39, 0.29) is 17.7 Å². The first-order valence-corrected chi connectivity index (χ1v) is 7.02. The Morgan fingerprint density at radius 1 is 1.26 bits per heavy atom. The summed E-state index contributed by atoms with van der Waals surface area (Å²) in [4.78, 5) is 19.5.